The van der Waals surface area contributed by atoms with Crippen molar-refractivity contribution in [2.75, 3.05) is 12.4 Å². The van der Waals surface area contributed by atoms with Gasteiger partial charge in [0.25, 0.3) is 0 Å². The van der Waals surface area contributed by atoms with Gasteiger partial charge in [0.15, 0.2) is 5.82 Å². The first-order chi connectivity index (χ1) is 10.7. The van der Waals surface area contributed by atoms with Gasteiger partial charge < -0.3 is 14.6 Å². The number of rotatable bonds is 3. The van der Waals surface area contributed by atoms with Crippen molar-refractivity contribution < 1.29 is 4.74 Å². The lowest BCUT2D eigenvalue weighted by Gasteiger charge is -2.07. The van der Waals surface area contributed by atoms with Gasteiger partial charge in [-0.3, -0.25) is 5.10 Å². The summed E-state index contributed by atoms with van der Waals surface area (Å²) in [5.41, 5.74) is 1.64. The number of pyridine rings is 1. The molecule has 0 saturated carbocycles. The standard InChI is InChI=1S/C15H14N6O/c1-21-7-13(16-8-21)19-15-14-11(6-17-20-14)10-5-9(22-2)3-4-12(10)18-15/h3-8H,1-2H3,(H,17,20)(H,18,19). The normalized spacial score (nSPS) is 11.2. The monoisotopic (exact) mass is 294 g/mol. The third kappa shape index (κ3) is 1.95. The maximum Gasteiger partial charge on any atom is 0.160 e. The molecule has 0 spiro atoms. The van der Waals surface area contributed by atoms with Gasteiger partial charge >= 0.3 is 0 Å². The third-order valence-corrected chi connectivity index (χ3v) is 3.54. The first-order valence-corrected chi connectivity index (χ1v) is 6.81. The number of benzene rings is 1. The van der Waals surface area contributed by atoms with Crippen LogP contribution in [0.4, 0.5) is 11.6 Å². The molecule has 0 aliphatic carbocycles. The van der Waals surface area contributed by atoms with Crippen LogP contribution in [0.2, 0.25) is 0 Å². The summed E-state index contributed by atoms with van der Waals surface area (Å²) in [7, 11) is 3.57. The molecule has 0 unspecified atom stereocenters. The molecule has 7 nitrogen and oxygen atoms in total. The topological polar surface area (TPSA) is 80.7 Å². The van der Waals surface area contributed by atoms with E-state index in [2.05, 4.69) is 25.5 Å². The first-order valence-electron chi connectivity index (χ1n) is 6.81. The van der Waals surface area contributed by atoms with E-state index in [0.29, 0.717) is 5.82 Å². The van der Waals surface area contributed by atoms with Gasteiger partial charge in [-0.05, 0) is 18.2 Å². The molecule has 3 aromatic heterocycles. The second-order valence-corrected chi connectivity index (χ2v) is 5.04. The lowest BCUT2D eigenvalue weighted by atomic mass is 10.1. The van der Waals surface area contributed by atoms with Crippen LogP contribution in [0.5, 0.6) is 5.75 Å². The molecule has 3 heterocycles. The van der Waals surface area contributed by atoms with Crippen LogP contribution in [0.3, 0.4) is 0 Å². The Kier molecular flexibility index (Phi) is 2.72. The molecule has 0 aliphatic rings. The number of aromatic amines is 1. The summed E-state index contributed by atoms with van der Waals surface area (Å²) < 4.78 is 7.16. The Hall–Kier alpha value is -3.09. The lowest BCUT2D eigenvalue weighted by molar-refractivity contribution is 0.415. The Bertz CT molecular complexity index is 971. The molecule has 1 aromatic carbocycles. The Morgan fingerprint density at radius 2 is 2.18 bits per heavy atom. The highest BCUT2D eigenvalue weighted by molar-refractivity contribution is 6.09. The summed E-state index contributed by atoms with van der Waals surface area (Å²) in [6.07, 6.45) is 5.48. The Morgan fingerprint density at radius 1 is 1.27 bits per heavy atom. The molecule has 2 N–H and O–H groups in total. The van der Waals surface area contributed by atoms with Crippen molar-refractivity contribution in [3.8, 4) is 5.75 Å². The first kappa shape index (κ1) is 12.6. The molecular formula is C15H14N6O. The number of nitrogens with one attached hydrogen (secondary N) is 2. The SMILES string of the molecule is COc1ccc2nc(Nc3cn(C)cn3)c3n[nH]cc3c2c1. The van der Waals surface area contributed by atoms with Crippen LogP contribution in [0.15, 0.2) is 36.9 Å². The number of H-pyrrole nitrogens is 1. The molecule has 0 atom stereocenters. The summed E-state index contributed by atoms with van der Waals surface area (Å²) in [4.78, 5) is 8.92. The van der Waals surface area contributed by atoms with E-state index in [0.717, 1.165) is 33.4 Å². The number of ether oxygens (including phenoxy) is 1. The van der Waals surface area contributed by atoms with Crippen molar-refractivity contribution in [1.82, 2.24) is 24.7 Å². The van der Waals surface area contributed by atoms with Gasteiger partial charge in [-0.2, -0.15) is 5.10 Å². The van der Waals surface area contributed by atoms with Crippen LogP contribution in [-0.4, -0.2) is 31.8 Å². The lowest BCUT2D eigenvalue weighted by Crippen LogP contribution is -1.96. The van der Waals surface area contributed by atoms with Crippen molar-refractivity contribution in [3.63, 3.8) is 0 Å². The second-order valence-electron chi connectivity index (χ2n) is 5.04. The minimum absolute atomic E-state index is 0.674. The number of hydrogen-bond acceptors (Lipinski definition) is 5. The van der Waals surface area contributed by atoms with Gasteiger partial charge in [-0.15, -0.1) is 0 Å². The smallest absolute Gasteiger partial charge is 0.160 e. The fourth-order valence-electron chi connectivity index (χ4n) is 2.49. The van der Waals surface area contributed by atoms with Crippen molar-refractivity contribution >= 4 is 33.4 Å². The molecule has 110 valence electrons. The van der Waals surface area contributed by atoms with Crippen molar-refractivity contribution in [2.45, 2.75) is 0 Å². The number of methoxy groups -OCH3 is 1. The minimum Gasteiger partial charge on any atom is -0.497 e. The number of aryl methyl sites for hydroxylation is 1. The number of imidazole rings is 1. The van der Waals surface area contributed by atoms with E-state index in [9.17, 15) is 0 Å². The molecular weight excluding hydrogens is 280 g/mol. The van der Waals surface area contributed by atoms with Crippen LogP contribution in [-0.2, 0) is 7.05 Å². The Balaban J connectivity index is 1.92. The minimum atomic E-state index is 0.674. The highest BCUT2D eigenvalue weighted by atomic mass is 16.5. The van der Waals surface area contributed by atoms with Crippen LogP contribution < -0.4 is 10.1 Å². The molecule has 22 heavy (non-hydrogen) atoms. The number of anilines is 2. The highest BCUT2D eigenvalue weighted by Gasteiger charge is 2.12. The van der Waals surface area contributed by atoms with Gasteiger partial charge in [0, 0.05) is 30.2 Å². The molecule has 0 bridgehead atoms. The number of hydrogen-bond donors (Lipinski definition) is 2. The van der Waals surface area contributed by atoms with Gasteiger partial charge in [-0.1, -0.05) is 0 Å². The van der Waals surface area contributed by atoms with E-state index in [1.807, 2.05) is 42.2 Å². The summed E-state index contributed by atoms with van der Waals surface area (Å²) >= 11 is 0. The molecule has 4 rings (SSSR count). The van der Waals surface area contributed by atoms with E-state index < -0.39 is 0 Å². The van der Waals surface area contributed by atoms with Crippen LogP contribution >= 0.6 is 0 Å². The van der Waals surface area contributed by atoms with E-state index in [-0.39, 0.29) is 0 Å². The molecule has 0 saturated heterocycles. The summed E-state index contributed by atoms with van der Waals surface area (Å²) in [6, 6.07) is 5.79. The zero-order valence-electron chi connectivity index (χ0n) is 12.2. The summed E-state index contributed by atoms with van der Waals surface area (Å²) in [5.74, 6) is 2.20. The zero-order chi connectivity index (χ0) is 15.1. The summed E-state index contributed by atoms with van der Waals surface area (Å²) in [6.45, 7) is 0. The quantitative estimate of drug-likeness (QED) is 0.607. The Morgan fingerprint density at radius 3 is 2.95 bits per heavy atom. The fraction of sp³-hybridized carbons (Fsp3) is 0.133. The average molecular weight is 294 g/mol. The molecule has 7 heteroatoms. The molecule has 0 radical (unpaired) electrons. The van der Waals surface area contributed by atoms with E-state index in [4.69, 9.17) is 4.74 Å². The van der Waals surface area contributed by atoms with E-state index in [1.54, 1.807) is 13.4 Å². The fourth-order valence-corrected chi connectivity index (χ4v) is 2.49. The number of aromatic nitrogens is 5. The average Bonchev–Trinajstić information content (AvgIpc) is 3.16. The van der Waals surface area contributed by atoms with Gasteiger partial charge in [0.05, 0.1) is 19.0 Å². The van der Waals surface area contributed by atoms with Gasteiger partial charge in [0.2, 0.25) is 0 Å². The highest BCUT2D eigenvalue weighted by Crippen LogP contribution is 2.31. The van der Waals surface area contributed by atoms with Crippen LogP contribution in [0.1, 0.15) is 0 Å². The second kappa shape index (κ2) is 4.73. The van der Waals surface area contributed by atoms with E-state index >= 15 is 0 Å². The van der Waals surface area contributed by atoms with Crippen LogP contribution in [0.25, 0.3) is 21.8 Å². The summed E-state index contributed by atoms with van der Waals surface area (Å²) in [5, 5.41) is 12.4. The van der Waals surface area contributed by atoms with Crippen molar-refractivity contribution in [2.24, 2.45) is 7.05 Å². The molecule has 0 amide bonds. The maximum atomic E-state index is 5.29. The Labute approximate surface area is 126 Å². The van der Waals surface area contributed by atoms with Gasteiger partial charge in [0.1, 0.15) is 17.1 Å². The van der Waals surface area contributed by atoms with Crippen molar-refractivity contribution in [1.29, 1.82) is 0 Å². The predicted molar refractivity (Wildman–Crippen MR) is 84.4 cm³/mol. The molecule has 0 aliphatic heterocycles. The predicted octanol–water partition coefficient (Wildman–Crippen LogP) is 2.60. The van der Waals surface area contributed by atoms with E-state index in [1.165, 1.54) is 0 Å². The van der Waals surface area contributed by atoms with Crippen molar-refractivity contribution in [3.05, 3.63) is 36.9 Å². The number of fused-ring (bicyclic) bond motifs is 3. The van der Waals surface area contributed by atoms with Crippen LogP contribution in [0, 0.1) is 0 Å². The third-order valence-electron chi connectivity index (χ3n) is 3.54. The zero-order valence-corrected chi connectivity index (χ0v) is 12.2. The maximum absolute atomic E-state index is 5.29. The largest absolute Gasteiger partial charge is 0.497 e. The van der Waals surface area contributed by atoms with Gasteiger partial charge in [-0.25, -0.2) is 9.97 Å². The molecule has 4 aromatic rings. The molecule has 0 fully saturated rings. The number of nitrogens with zero attached hydrogens (tertiary/aromatic N) is 4.